The van der Waals surface area contributed by atoms with Crippen LogP contribution in [0.4, 0.5) is 32.2 Å². The van der Waals surface area contributed by atoms with Gasteiger partial charge in [0.05, 0.1) is 11.4 Å². The highest BCUT2D eigenvalue weighted by Gasteiger charge is 2.35. The molecule has 4 rings (SSSR count). The Morgan fingerprint density at radius 1 is 0.606 bits per heavy atom. The summed E-state index contributed by atoms with van der Waals surface area (Å²) in [6.07, 6.45) is -5.87. The molecule has 0 amide bonds. The minimum absolute atomic E-state index is 0.0332. The van der Waals surface area contributed by atoms with E-state index in [0.717, 1.165) is 12.3 Å². The van der Waals surface area contributed by atoms with Gasteiger partial charge in [0.15, 0.2) is 5.82 Å². The zero-order chi connectivity index (χ0) is 23.8. The molecule has 0 bridgehead atoms. The highest BCUT2D eigenvalue weighted by Crippen LogP contribution is 2.34. The largest absolute Gasteiger partial charge is 0.433 e. The summed E-state index contributed by atoms with van der Waals surface area (Å²) in [4.78, 5) is 19.2. The van der Waals surface area contributed by atoms with Crippen LogP contribution in [0.25, 0.3) is 33.9 Å². The highest BCUT2D eigenvalue weighted by molar-refractivity contribution is 5.69. The summed E-state index contributed by atoms with van der Waals surface area (Å²) in [6.45, 7) is 0. The number of nitrogens with two attached hydrogens (primary N) is 1. The van der Waals surface area contributed by atoms with Crippen LogP contribution in [0, 0.1) is 0 Å². The Hall–Kier alpha value is -4.09. The van der Waals surface area contributed by atoms with Gasteiger partial charge in [-0.1, -0.05) is 0 Å². The molecule has 6 nitrogen and oxygen atoms in total. The molecular weight excluding hydrogens is 450 g/mol. The maximum atomic E-state index is 13.5. The Labute approximate surface area is 182 Å². The number of aromatic nitrogens is 5. The first-order chi connectivity index (χ1) is 15.5. The van der Waals surface area contributed by atoms with Gasteiger partial charge < -0.3 is 5.73 Å². The van der Waals surface area contributed by atoms with E-state index in [1.165, 1.54) is 24.5 Å². The Balaban J connectivity index is 1.81. The molecule has 2 N–H and O–H groups in total. The van der Waals surface area contributed by atoms with Crippen molar-refractivity contribution >= 4 is 5.82 Å². The van der Waals surface area contributed by atoms with E-state index in [-0.39, 0.29) is 28.5 Å². The van der Waals surface area contributed by atoms with Crippen molar-refractivity contribution in [3.8, 4) is 33.9 Å². The molecule has 0 aliphatic rings. The van der Waals surface area contributed by atoms with Crippen LogP contribution in [0.3, 0.4) is 0 Å². The lowest BCUT2D eigenvalue weighted by Gasteiger charge is -2.12. The standard InChI is InChI=1S/C21H12F6N6/c22-20(23,24)16-3-1-13(9-30-16)15-8-17(21(25,26)27)33-19(32-15)11-5-6-29-14(7-11)12-2-4-18(28)31-10-12/h1-10H,(H2,28,31). The summed E-state index contributed by atoms with van der Waals surface area (Å²) in [5, 5.41) is 0. The normalized spacial score (nSPS) is 12.1. The van der Waals surface area contributed by atoms with Gasteiger partial charge in [-0.2, -0.15) is 26.3 Å². The van der Waals surface area contributed by atoms with Crippen molar-refractivity contribution in [1.29, 1.82) is 0 Å². The number of nitrogens with zero attached hydrogens (tertiary/aromatic N) is 5. The van der Waals surface area contributed by atoms with Crippen molar-refractivity contribution < 1.29 is 26.3 Å². The zero-order valence-electron chi connectivity index (χ0n) is 16.4. The predicted octanol–water partition coefficient (Wildman–Crippen LogP) is 5.28. The summed E-state index contributed by atoms with van der Waals surface area (Å²) in [6, 6.07) is 8.39. The molecule has 168 valence electrons. The third-order valence-corrected chi connectivity index (χ3v) is 4.47. The van der Waals surface area contributed by atoms with E-state index in [9.17, 15) is 26.3 Å². The van der Waals surface area contributed by atoms with Crippen LogP contribution >= 0.6 is 0 Å². The second-order valence-electron chi connectivity index (χ2n) is 6.79. The number of nitrogen functional groups attached to an aromatic ring is 1. The van der Waals surface area contributed by atoms with Gasteiger partial charge in [0.1, 0.15) is 17.2 Å². The molecule has 4 aromatic rings. The molecule has 0 unspecified atom stereocenters. The van der Waals surface area contributed by atoms with Crippen molar-refractivity contribution in [3.05, 3.63) is 72.4 Å². The molecule has 0 saturated heterocycles. The van der Waals surface area contributed by atoms with E-state index in [4.69, 9.17) is 5.73 Å². The number of hydrogen-bond acceptors (Lipinski definition) is 6. The van der Waals surface area contributed by atoms with E-state index in [1.54, 1.807) is 12.1 Å². The first kappa shape index (κ1) is 22.1. The molecule has 0 saturated carbocycles. The van der Waals surface area contributed by atoms with Crippen LogP contribution in [0.15, 0.2) is 61.1 Å². The molecule has 33 heavy (non-hydrogen) atoms. The van der Waals surface area contributed by atoms with Gasteiger partial charge in [-0.15, -0.1) is 0 Å². The molecule has 4 heterocycles. The van der Waals surface area contributed by atoms with Crippen LogP contribution in [-0.2, 0) is 12.4 Å². The van der Waals surface area contributed by atoms with Crippen LogP contribution in [0.2, 0.25) is 0 Å². The summed E-state index contributed by atoms with van der Waals surface area (Å²) in [5.41, 5.74) is 4.03. The van der Waals surface area contributed by atoms with Gasteiger partial charge in [-0.25, -0.2) is 15.0 Å². The van der Waals surface area contributed by atoms with Crippen LogP contribution in [-0.4, -0.2) is 24.9 Å². The Morgan fingerprint density at radius 2 is 1.27 bits per heavy atom. The summed E-state index contributed by atoms with van der Waals surface area (Å²) >= 11 is 0. The average molecular weight is 462 g/mol. The van der Waals surface area contributed by atoms with Crippen molar-refractivity contribution in [1.82, 2.24) is 24.9 Å². The number of alkyl halides is 6. The van der Waals surface area contributed by atoms with E-state index < -0.39 is 23.7 Å². The van der Waals surface area contributed by atoms with Gasteiger partial charge in [-0.05, 0) is 42.5 Å². The van der Waals surface area contributed by atoms with Gasteiger partial charge in [0.25, 0.3) is 0 Å². The topological polar surface area (TPSA) is 90.5 Å². The first-order valence-electron chi connectivity index (χ1n) is 9.19. The average Bonchev–Trinajstić information content (AvgIpc) is 2.78. The molecule has 0 atom stereocenters. The van der Waals surface area contributed by atoms with Crippen LogP contribution < -0.4 is 5.73 Å². The minimum Gasteiger partial charge on any atom is -0.384 e. The van der Waals surface area contributed by atoms with Gasteiger partial charge >= 0.3 is 12.4 Å². The molecule has 0 fully saturated rings. The number of anilines is 1. The van der Waals surface area contributed by atoms with Crippen LogP contribution in [0.5, 0.6) is 0 Å². The van der Waals surface area contributed by atoms with Gasteiger partial charge in [0, 0.05) is 35.3 Å². The van der Waals surface area contributed by atoms with Crippen molar-refractivity contribution in [3.63, 3.8) is 0 Å². The number of pyridine rings is 3. The highest BCUT2D eigenvalue weighted by atomic mass is 19.4. The van der Waals surface area contributed by atoms with E-state index in [2.05, 4.69) is 24.9 Å². The second kappa shape index (κ2) is 8.11. The summed E-state index contributed by atoms with van der Waals surface area (Å²) in [7, 11) is 0. The predicted molar refractivity (Wildman–Crippen MR) is 106 cm³/mol. The molecule has 0 aromatic carbocycles. The maximum absolute atomic E-state index is 13.5. The molecule has 12 heteroatoms. The lowest BCUT2D eigenvalue weighted by atomic mass is 10.1. The smallest absolute Gasteiger partial charge is 0.384 e. The van der Waals surface area contributed by atoms with E-state index in [1.807, 2.05) is 0 Å². The molecular formula is C21H12F6N6. The number of hydrogen-bond donors (Lipinski definition) is 1. The maximum Gasteiger partial charge on any atom is 0.433 e. The number of halogens is 6. The molecule has 4 aromatic heterocycles. The Bertz CT molecular complexity index is 1280. The SMILES string of the molecule is Nc1ccc(-c2cc(-c3nc(-c4ccc(C(F)(F)F)nc4)cc(C(F)(F)F)n3)ccn2)cn1. The lowest BCUT2D eigenvalue weighted by Crippen LogP contribution is -2.11. The molecule has 0 spiro atoms. The molecule has 0 aliphatic carbocycles. The fourth-order valence-corrected chi connectivity index (χ4v) is 2.87. The van der Waals surface area contributed by atoms with Gasteiger partial charge in [0.2, 0.25) is 0 Å². The zero-order valence-corrected chi connectivity index (χ0v) is 16.4. The van der Waals surface area contributed by atoms with E-state index in [0.29, 0.717) is 23.4 Å². The summed E-state index contributed by atoms with van der Waals surface area (Å²) < 4.78 is 78.8. The van der Waals surface area contributed by atoms with Crippen molar-refractivity contribution in [2.45, 2.75) is 12.4 Å². The minimum atomic E-state index is -4.82. The second-order valence-corrected chi connectivity index (χ2v) is 6.79. The molecule has 0 radical (unpaired) electrons. The lowest BCUT2D eigenvalue weighted by molar-refractivity contribution is -0.141. The summed E-state index contributed by atoms with van der Waals surface area (Å²) in [5.74, 6) is -0.00214. The van der Waals surface area contributed by atoms with Crippen LogP contribution in [0.1, 0.15) is 11.4 Å². The molecule has 0 aliphatic heterocycles. The number of rotatable bonds is 3. The quantitative estimate of drug-likeness (QED) is 0.417. The Kier molecular flexibility index (Phi) is 5.44. The Morgan fingerprint density at radius 3 is 1.88 bits per heavy atom. The fourth-order valence-electron chi connectivity index (χ4n) is 2.87. The first-order valence-corrected chi connectivity index (χ1v) is 9.19. The van der Waals surface area contributed by atoms with E-state index >= 15 is 0 Å². The van der Waals surface area contributed by atoms with Crippen molar-refractivity contribution in [2.24, 2.45) is 0 Å². The fraction of sp³-hybridized carbons (Fsp3) is 0.0952. The van der Waals surface area contributed by atoms with Gasteiger partial charge in [-0.3, -0.25) is 9.97 Å². The monoisotopic (exact) mass is 462 g/mol. The van der Waals surface area contributed by atoms with Crippen molar-refractivity contribution in [2.75, 3.05) is 5.73 Å². The third kappa shape index (κ3) is 4.89. The third-order valence-electron chi connectivity index (χ3n) is 4.47.